The topological polar surface area (TPSA) is 135 Å². The summed E-state index contributed by atoms with van der Waals surface area (Å²) < 4.78 is 49.2. The monoisotopic (exact) mass is 431 g/mol. The molecule has 0 bridgehead atoms. The van der Waals surface area contributed by atoms with Gasteiger partial charge in [0.25, 0.3) is 0 Å². The molecule has 0 aliphatic carbocycles. The molecule has 146 valence electrons. The Hall–Kier alpha value is -1.98. The number of sulfonamides is 2. The molecule has 0 aliphatic rings. The Morgan fingerprint density at radius 2 is 1.52 bits per heavy atom. The molecule has 2 aromatic carbocycles. The van der Waals surface area contributed by atoms with Gasteiger partial charge in [-0.05, 0) is 48.9 Å². The molecule has 8 nitrogen and oxygen atoms in total. The molecule has 27 heavy (non-hydrogen) atoms. The maximum absolute atomic E-state index is 12.3. The van der Waals surface area contributed by atoms with Crippen LogP contribution in [-0.4, -0.2) is 28.8 Å². The number of carbonyl (C=O) groups is 1. The Bertz CT molecular complexity index is 1020. The molecule has 1 amide bonds. The van der Waals surface area contributed by atoms with Crippen molar-refractivity contribution in [3.05, 3.63) is 59.1 Å². The highest BCUT2D eigenvalue weighted by atomic mass is 35.5. The zero-order valence-corrected chi connectivity index (χ0v) is 16.6. The number of primary sulfonamides is 1. The van der Waals surface area contributed by atoms with Crippen LogP contribution in [0.3, 0.4) is 0 Å². The summed E-state index contributed by atoms with van der Waals surface area (Å²) in [5.74, 6) is -0.539. The van der Waals surface area contributed by atoms with Crippen molar-refractivity contribution in [2.24, 2.45) is 5.14 Å². The lowest BCUT2D eigenvalue weighted by Crippen LogP contribution is -2.44. The van der Waals surface area contributed by atoms with E-state index >= 15 is 0 Å². The first-order valence-electron chi connectivity index (χ1n) is 7.66. The van der Waals surface area contributed by atoms with Gasteiger partial charge in [0, 0.05) is 11.6 Å². The van der Waals surface area contributed by atoms with Crippen LogP contribution in [-0.2, 0) is 31.4 Å². The largest absolute Gasteiger partial charge is 0.351 e. The van der Waals surface area contributed by atoms with Gasteiger partial charge < -0.3 is 5.32 Å². The summed E-state index contributed by atoms with van der Waals surface area (Å²) >= 11 is 5.73. The van der Waals surface area contributed by atoms with Crippen molar-refractivity contribution < 1.29 is 21.6 Å². The second kappa shape index (κ2) is 8.36. The molecular formula is C16H18ClN3O5S2. The van der Waals surface area contributed by atoms with E-state index < -0.39 is 32.0 Å². The summed E-state index contributed by atoms with van der Waals surface area (Å²) in [5, 5.41) is 7.98. The molecule has 2 rings (SSSR count). The van der Waals surface area contributed by atoms with E-state index in [1.165, 1.54) is 55.5 Å². The third-order valence-corrected chi connectivity index (χ3v) is 6.31. The second-order valence-electron chi connectivity index (χ2n) is 5.70. The van der Waals surface area contributed by atoms with Crippen molar-refractivity contribution >= 4 is 37.6 Å². The van der Waals surface area contributed by atoms with E-state index in [0.29, 0.717) is 10.6 Å². The highest BCUT2D eigenvalue weighted by Crippen LogP contribution is 2.14. The predicted octanol–water partition coefficient (Wildman–Crippen LogP) is 0.971. The van der Waals surface area contributed by atoms with Crippen LogP contribution in [0.4, 0.5) is 0 Å². The van der Waals surface area contributed by atoms with E-state index in [1.807, 2.05) is 0 Å². The summed E-state index contributed by atoms with van der Waals surface area (Å²) in [7, 11) is -7.66. The number of halogens is 1. The van der Waals surface area contributed by atoms with E-state index in [9.17, 15) is 21.6 Å². The van der Waals surface area contributed by atoms with Crippen LogP contribution in [0.1, 0.15) is 12.5 Å². The Labute approximate surface area is 162 Å². The van der Waals surface area contributed by atoms with Crippen LogP contribution >= 0.6 is 11.6 Å². The third-order valence-electron chi connectivity index (χ3n) is 3.57. The standard InChI is InChI=1S/C16H18ClN3O5S2/c1-11(20-27(24,25)15-8-4-13(17)5-9-15)16(21)19-10-12-2-6-14(7-3-12)26(18,22)23/h2-9,11,20H,10H2,1H3,(H,19,21)(H2,18,22,23)/t11-/m0/s1. The fraction of sp³-hybridized carbons (Fsp3) is 0.188. The van der Waals surface area contributed by atoms with E-state index in [0.717, 1.165) is 0 Å². The van der Waals surface area contributed by atoms with Gasteiger partial charge in [-0.15, -0.1) is 0 Å². The molecule has 0 heterocycles. The average molecular weight is 432 g/mol. The summed E-state index contributed by atoms with van der Waals surface area (Å²) in [6.45, 7) is 1.50. The van der Waals surface area contributed by atoms with Crippen LogP contribution < -0.4 is 15.2 Å². The molecule has 2 aromatic rings. The van der Waals surface area contributed by atoms with Crippen LogP contribution in [0, 0.1) is 0 Å². The van der Waals surface area contributed by atoms with Crippen molar-refractivity contribution in [2.75, 3.05) is 0 Å². The number of carbonyl (C=O) groups excluding carboxylic acids is 1. The number of nitrogens with two attached hydrogens (primary N) is 1. The number of rotatable bonds is 7. The van der Waals surface area contributed by atoms with Crippen molar-refractivity contribution in [1.82, 2.24) is 10.0 Å². The first-order chi connectivity index (χ1) is 12.5. The molecule has 11 heteroatoms. The summed E-state index contributed by atoms with van der Waals surface area (Å²) in [4.78, 5) is 12.1. The lowest BCUT2D eigenvalue weighted by molar-refractivity contribution is -0.122. The van der Waals surface area contributed by atoms with Gasteiger partial charge in [-0.1, -0.05) is 23.7 Å². The maximum Gasteiger partial charge on any atom is 0.241 e. The summed E-state index contributed by atoms with van der Waals surface area (Å²) in [5.41, 5.74) is 0.628. The zero-order chi connectivity index (χ0) is 20.2. The van der Waals surface area contributed by atoms with E-state index in [2.05, 4.69) is 10.0 Å². The third kappa shape index (κ3) is 6.01. The van der Waals surface area contributed by atoms with Crippen molar-refractivity contribution in [3.8, 4) is 0 Å². The van der Waals surface area contributed by atoms with Gasteiger partial charge in [0.1, 0.15) is 0 Å². The smallest absolute Gasteiger partial charge is 0.241 e. The molecule has 0 aromatic heterocycles. The van der Waals surface area contributed by atoms with Gasteiger partial charge in [0.15, 0.2) is 0 Å². The van der Waals surface area contributed by atoms with Gasteiger partial charge in [0.05, 0.1) is 15.8 Å². The maximum atomic E-state index is 12.3. The van der Waals surface area contributed by atoms with E-state index in [-0.39, 0.29) is 16.3 Å². The molecule has 0 aliphatic heterocycles. The van der Waals surface area contributed by atoms with Crippen LogP contribution in [0.25, 0.3) is 0 Å². The highest BCUT2D eigenvalue weighted by molar-refractivity contribution is 7.89. The first-order valence-corrected chi connectivity index (χ1v) is 11.1. The molecule has 0 saturated heterocycles. The van der Waals surface area contributed by atoms with Gasteiger partial charge in [-0.2, -0.15) is 4.72 Å². The highest BCUT2D eigenvalue weighted by Gasteiger charge is 2.21. The van der Waals surface area contributed by atoms with Crippen molar-refractivity contribution in [2.45, 2.75) is 29.3 Å². The predicted molar refractivity (Wildman–Crippen MR) is 101 cm³/mol. The average Bonchev–Trinajstić information content (AvgIpc) is 2.59. The first kappa shape index (κ1) is 21.3. The van der Waals surface area contributed by atoms with Crippen LogP contribution in [0.2, 0.25) is 5.02 Å². The molecule has 0 fully saturated rings. The molecule has 0 saturated carbocycles. The quantitative estimate of drug-likeness (QED) is 0.600. The van der Waals surface area contributed by atoms with Gasteiger partial charge >= 0.3 is 0 Å². The minimum atomic E-state index is -3.88. The normalized spacial score (nSPS) is 13.1. The lowest BCUT2D eigenvalue weighted by Gasteiger charge is -2.14. The summed E-state index contributed by atoms with van der Waals surface area (Å²) in [6, 6.07) is 10.2. The Balaban J connectivity index is 1.96. The molecule has 0 radical (unpaired) electrons. The second-order valence-corrected chi connectivity index (χ2v) is 9.42. The summed E-state index contributed by atoms with van der Waals surface area (Å²) in [6.07, 6.45) is 0. The SMILES string of the molecule is C[C@H](NS(=O)(=O)c1ccc(Cl)cc1)C(=O)NCc1ccc(S(N)(=O)=O)cc1. The van der Waals surface area contributed by atoms with Crippen molar-refractivity contribution in [3.63, 3.8) is 0 Å². The number of hydrogen-bond acceptors (Lipinski definition) is 5. The Kier molecular flexibility index (Phi) is 6.60. The molecular weight excluding hydrogens is 414 g/mol. The minimum Gasteiger partial charge on any atom is -0.351 e. The molecule has 0 unspecified atom stereocenters. The minimum absolute atomic E-state index is 0.00914. The zero-order valence-electron chi connectivity index (χ0n) is 14.2. The Morgan fingerprint density at radius 1 is 1.00 bits per heavy atom. The number of amides is 1. The number of nitrogens with one attached hydrogen (secondary N) is 2. The fourth-order valence-electron chi connectivity index (χ4n) is 2.11. The van der Waals surface area contributed by atoms with Crippen LogP contribution in [0.5, 0.6) is 0 Å². The molecule has 4 N–H and O–H groups in total. The van der Waals surface area contributed by atoms with E-state index in [4.69, 9.17) is 16.7 Å². The van der Waals surface area contributed by atoms with Gasteiger partial charge in [0.2, 0.25) is 26.0 Å². The van der Waals surface area contributed by atoms with E-state index in [1.54, 1.807) is 0 Å². The molecule has 0 spiro atoms. The van der Waals surface area contributed by atoms with Crippen molar-refractivity contribution in [1.29, 1.82) is 0 Å². The number of benzene rings is 2. The Morgan fingerprint density at radius 3 is 2.04 bits per heavy atom. The number of hydrogen-bond donors (Lipinski definition) is 3. The fourth-order valence-corrected chi connectivity index (χ4v) is 3.95. The van der Waals surface area contributed by atoms with Gasteiger partial charge in [-0.3, -0.25) is 4.79 Å². The lowest BCUT2D eigenvalue weighted by atomic mass is 10.2. The molecule has 1 atom stereocenters. The van der Waals surface area contributed by atoms with Gasteiger partial charge in [-0.25, -0.2) is 22.0 Å². The van der Waals surface area contributed by atoms with Crippen LogP contribution in [0.15, 0.2) is 58.3 Å².